The Bertz CT molecular complexity index is 535. The van der Waals surface area contributed by atoms with E-state index in [0.717, 1.165) is 25.7 Å². The summed E-state index contributed by atoms with van der Waals surface area (Å²) >= 11 is 6.09. The van der Waals surface area contributed by atoms with Gasteiger partial charge < -0.3 is 15.2 Å². The first kappa shape index (κ1) is 17.0. The Hall–Kier alpha value is -1.40. The molecule has 0 bridgehead atoms. The minimum Gasteiger partial charge on any atom is -0.454 e. The molecule has 0 aromatic carbocycles. The van der Waals surface area contributed by atoms with Crippen LogP contribution in [0.1, 0.15) is 61.8 Å². The lowest BCUT2D eigenvalue weighted by molar-refractivity contribution is 0.000641. The first-order chi connectivity index (χ1) is 10.5. The molecule has 122 valence electrons. The second kappa shape index (κ2) is 7.74. The van der Waals surface area contributed by atoms with Crippen LogP contribution in [0.3, 0.4) is 0 Å². The molecule has 6 nitrogen and oxygen atoms in total. The molecule has 2 N–H and O–H groups in total. The highest BCUT2D eigenvalue weighted by molar-refractivity contribution is 6.33. The molecule has 1 fully saturated rings. The summed E-state index contributed by atoms with van der Waals surface area (Å²) in [5.41, 5.74) is 6.40. The van der Waals surface area contributed by atoms with Crippen LogP contribution in [0.25, 0.3) is 0 Å². The van der Waals surface area contributed by atoms with Gasteiger partial charge in [-0.3, -0.25) is 0 Å². The smallest absolute Gasteiger partial charge is 0.376 e. The number of nitrogens with zero attached hydrogens (tertiary/aromatic N) is 2. The number of halogens is 1. The number of esters is 1. The van der Waals surface area contributed by atoms with Gasteiger partial charge in [-0.05, 0) is 26.2 Å². The molecule has 2 rings (SSSR count). The van der Waals surface area contributed by atoms with Gasteiger partial charge in [-0.25, -0.2) is 14.8 Å². The molecule has 1 atom stereocenters. The van der Waals surface area contributed by atoms with Crippen LogP contribution < -0.4 is 5.73 Å². The van der Waals surface area contributed by atoms with Gasteiger partial charge in [-0.1, -0.05) is 24.9 Å². The molecule has 0 amide bonds. The van der Waals surface area contributed by atoms with E-state index in [0.29, 0.717) is 23.9 Å². The van der Waals surface area contributed by atoms with E-state index in [-0.39, 0.29) is 23.7 Å². The second-order valence-corrected chi connectivity index (χ2v) is 5.93. The number of aromatic nitrogens is 2. The van der Waals surface area contributed by atoms with E-state index >= 15 is 0 Å². The quantitative estimate of drug-likeness (QED) is 0.583. The third-order valence-electron chi connectivity index (χ3n) is 3.35. The molecule has 0 spiro atoms. The molecule has 0 aliphatic heterocycles. The van der Waals surface area contributed by atoms with Crippen LogP contribution in [0.5, 0.6) is 0 Å². The van der Waals surface area contributed by atoms with Gasteiger partial charge in [-0.2, -0.15) is 0 Å². The van der Waals surface area contributed by atoms with Crippen molar-refractivity contribution in [1.82, 2.24) is 9.97 Å². The molecule has 1 aliphatic carbocycles. The van der Waals surface area contributed by atoms with Gasteiger partial charge in [0, 0.05) is 12.5 Å². The topological polar surface area (TPSA) is 87.3 Å². The van der Waals surface area contributed by atoms with Crippen molar-refractivity contribution in [3.05, 3.63) is 16.5 Å². The average molecular weight is 328 g/mol. The van der Waals surface area contributed by atoms with Crippen LogP contribution in [0, 0.1) is 0 Å². The molecule has 1 aliphatic rings. The molecular formula is C15H22ClN3O3. The minimum absolute atomic E-state index is 0.0378. The zero-order chi connectivity index (χ0) is 16.1. The summed E-state index contributed by atoms with van der Waals surface area (Å²) in [5.74, 6) is -0.238. The Morgan fingerprint density at radius 3 is 2.82 bits per heavy atom. The highest BCUT2D eigenvalue weighted by Crippen LogP contribution is 2.43. The van der Waals surface area contributed by atoms with Crippen molar-refractivity contribution in [3.63, 3.8) is 0 Å². The van der Waals surface area contributed by atoms with Gasteiger partial charge in [0.1, 0.15) is 16.9 Å². The average Bonchev–Trinajstić information content (AvgIpc) is 3.31. The van der Waals surface area contributed by atoms with Crippen molar-refractivity contribution in [3.8, 4) is 0 Å². The van der Waals surface area contributed by atoms with Crippen molar-refractivity contribution in [2.75, 3.05) is 18.9 Å². The maximum Gasteiger partial charge on any atom is 0.376 e. The van der Waals surface area contributed by atoms with E-state index in [4.69, 9.17) is 26.8 Å². The van der Waals surface area contributed by atoms with E-state index in [1.165, 1.54) is 0 Å². The Labute approximate surface area is 135 Å². The second-order valence-electron chi connectivity index (χ2n) is 5.55. The number of unbranched alkanes of at least 4 members (excludes halogenated alkanes) is 1. The first-order valence-electron chi connectivity index (χ1n) is 7.64. The maximum atomic E-state index is 12.1. The van der Waals surface area contributed by atoms with E-state index in [1.54, 1.807) is 6.92 Å². The molecule has 7 heteroatoms. The van der Waals surface area contributed by atoms with Gasteiger partial charge in [0.05, 0.1) is 12.3 Å². The fraction of sp³-hybridized carbons (Fsp3) is 0.667. The Kier molecular flexibility index (Phi) is 5.97. The van der Waals surface area contributed by atoms with Crippen LogP contribution in [-0.4, -0.2) is 35.3 Å². The summed E-state index contributed by atoms with van der Waals surface area (Å²) in [6.07, 6.45) is 3.70. The molecule has 0 radical (unpaired) electrons. The number of hydrogen-bond acceptors (Lipinski definition) is 6. The molecule has 1 aromatic rings. The Balaban J connectivity index is 1.94. The normalized spacial score (nSPS) is 15.6. The predicted molar refractivity (Wildman–Crippen MR) is 84.0 cm³/mol. The van der Waals surface area contributed by atoms with E-state index < -0.39 is 5.97 Å². The van der Waals surface area contributed by atoms with E-state index in [9.17, 15) is 4.79 Å². The van der Waals surface area contributed by atoms with Crippen molar-refractivity contribution in [1.29, 1.82) is 0 Å². The van der Waals surface area contributed by atoms with Gasteiger partial charge >= 0.3 is 5.97 Å². The summed E-state index contributed by atoms with van der Waals surface area (Å²) in [4.78, 5) is 20.2. The zero-order valence-corrected chi connectivity index (χ0v) is 13.7. The van der Waals surface area contributed by atoms with Gasteiger partial charge in [0.2, 0.25) is 5.82 Å². The van der Waals surface area contributed by atoms with Gasteiger partial charge in [0.15, 0.2) is 0 Å². The molecule has 1 unspecified atom stereocenters. The lowest BCUT2D eigenvalue weighted by Crippen LogP contribution is -2.23. The van der Waals surface area contributed by atoms with Crippen LogP contribution in [-0.2, 0) is 9.47 Å². The number of hydrogen-bond donors (Lipinski definition) is 1. The maximum absolute atomic E-state index is 12.1. The standard InChI is InChI=1S/C15H22ClN3O3/c1-3-4-7-21-8-9(2)22-15(20)14-18-12(10-5-6-10)11(16)13(17)19-14/h9-10H,3-8H2,1-2H3,(H2,17,18,19). The molecule has 1 aromatic heterocycles. The molecule has 1 heterocycles. The number of carbonyl (C=O) groups is 1. The number of nitrogen functional groups attached to an aromatic ring is 1. The van der Waals surface area contributed by atoms with Crippen LogP contribution >= 0.6 is 11.6 Å². The predicted octanol–water partition coefficient (Wildman–Crippen LogP) is 2.95. The van der Waals surface area contributed by atoms with Gasteiger partial charge in [-0.15, -0.1) is 0 Å². The number of ether oxygens (including phenoxy) is 2. The fourth-order valence-corrected chi connectivity index (χ4v) is 2.21. The van der Waals surface area contributed by atoms with Crippen molar-refractivity contribution < 1.29 is 14.3 Å². The van der Waals surface area contributed by atoms with Crippen LogP contribution in [0.4, 0.5) is 5.82 Å². The molecule has 1 saturated carbocycles. The van der Waals surface area contributed by atoms with E-state index in [1.807, 2.05) is 0 Å². The largest absolute Gasteiger partial charge is 0.454 e. The van der Waals surface area contributed by atoms with E-state index in [2.05, 4.69) is 16.9 Å². The van der Waals surface area contributed by atoms with Crippen molar-refractivity contribution in [2.45, 2.75) is 51.6 Å². The minimum atomic E-state index is -0.600. The lowest BCUT2D eigenvalue weighted by atomic mass is 10.2. The molecule has 22 heavy (non-hydrogen) atoms. The third-order valence-corrected chi connectivity index (χ3v) is 3.74. The summed E-state index contributed by atoms with van der Waals surface area (Å²) in [6, 6.07) is 0. The molecule has 0 saturated heterocycles. The number of rotatable bonds is 8. The lowest BCUT2D eigenvalue weighted by Gasteiger charge is -2.14. The Morgan fingerprint density at radius 1 is 1.45 bits per heavy atom. The number of nitrogens with two attached hydrogens (primary N) is 1. The monoisotopic (exact) mass is 327 g/mol. The first-order valence-corrected chi connectivity index (χ1v) is 8.02. The summed E-state index contributed by atoms with van der Waals surface area (Å²) in [5, 5.41) is 0.343. The van der Waals surface area contributed by atoms with Crippen molar-refractivity contribution >= 4 is 23.4 Å². The SMILES string of the molecule is CCCCOCC(C)OC(=O)c1nc(N)c(Cl)c(C2CC2)n1. The summed E-state index contributed by atoms with van der Waals surface area (Å²) < 4.78 is 10.7. The van der Waals surface area contributed by atoms with Crippen LogP contribution in [0.2, 0.25) is 5.02 Å². The van der Waals surface area contributed by atoms with Gasteiger partial charge in [0.25, 0.3) is 0 Å². The highest BCUT2D eigenvalue weighted by Gasteiger charge is 2.30. The zero-order valence-electron chi connectivity index (χ0n) is 13.0. The number of anilines is 1. The van der Waals surface area contributed by atoms with Crippen molar-refractivity contribution in [2.24, 2.45) is 0 Å². The summed E-state index contributed by atoms with van der Waals surface area (Å²) in [6.45, 7) is 4.87. The van der Waals surface area contributed by atoms with Crippen LogP contribution in [0.15, 0.2) is 0 Å². The Morgan fingerprint density at radius 2 is 2.18 bits per heavy atom. The fourth-order valence-electron chi connectivity index (χ4n) is 1.97. The highest BCUT2D eigenvalue weighted by atomic mass is 35.5. The molecular weight excluding hydrogens is 306 g/mol. The summed E-state index contributed by atoms with van der Waals surface area (Å²) in [7, 11) is 0. The third kappa shape index (κ3) is 4.55. The number of carbonyl (C=O) groups excluding carboxylic acids is 1.